The lowest BCUT2D eigenvalue weighted by Crippen LogP contribution is -2.24. The van der Waals surface area contributed by atoms with Crippen LogP contribution in [0.1, 0.15) is 12.6 Å². The van der Waals surface area contributed by atoms with Crippen LogP contribution in [0.4, 0.5) is 5.82 Å². The second-order valence-corrected chi connectivity index (χ2v) is 3.71. The molecule has 0 bridgehead atoms. The summed E-state index contributed by atoms with van der Waals surface area (Å²) < 4.78 is 1.30. The molecular weight excluding hydrogens is 226 g/mol. The van der Waals surface area contributed by atoms with E-state index in [9.17, 15) is 0 Å². The van der Waals surface area contributed by atoms with Crippen molar-refractivity contribution in [1.29, 1.82) is 0 Å². The molecule has 16 heavy (non-hydrogen) atoms. The number of rotatable bonds is 5. The van der Waals surface area contributed by atoms with Gasteiger partial charge in [0, 0.05) is 5.70 Å². The quantitative estimate of drug-likeness (QED) is 0.278. The third-order valence-electron chi connectivity index (χ3n) is 1.78. The maximum Gasteiger partial charge on any atom is 0.204 e. The van der Waals surface area contributed by atoms with Crippen molar-refractivity contribution in [3.05, 3.63) is 24.5 Å². The summed E-state index contributed by atoms with van der Waals surface area (Å²) in [6.07, 6.45) is 0. The van der Waals surface area contributed by atoms with Gasteiger partial charge in [-0.3, -0.25) is 11.0 Å². The lowest BCUT2D eigenvalue weighted by Gasteiger charge is -2.09. The van der Waals surface area contributed by atoms with Gasteiger partial charge in [-0.25, -0.2) is 9.66 Å². The molecule has 0 unspecified atom stereocenters. The molecule has 1 rings (SSSR count). The molecule has 1 aromatic rings. The maximum atomic E-state index is 5.79. The predicted octanol–water partition coefficient (Wildman–Crippen LogP) is -0.0578. The molecule has 0 amide bonds. The van der Waals surface area contributed by atoms with Gasteiger partial charge in [0.15, 0.2) is 5.82 Å². The lowest BCUT2D eigenvalue weighted by molar-refractivity contribution is 0.829. The molecule has 1 heterocycles. The highest BCUT2D eigenvalue weighted by Gasteiger charge is 2.17. The van der Waals surface area contributed by atoms with Crippen molar-refractivity contribution in [2.45, 2.75) is 12.1 Å². The van der Waals surface area contributed by atoms with Gasteiger partial charge in [0.25, 0.3) is 0 Å². The summed E-state index contributed by atoms with van der Waals surface area (Å²) in [5.41, 5.74) is 4.09. The Kier molecular flexibility index (Phi) is 3.82. The van der Waals surface area contributed by atoms with E-state index in [1.54, 1.807) is 6.92 Å². The van der Waals surface area contributed by atoms with E-state index < -0.39 is 0 Å². The van der Waals surface area contributed by atoms with Crippen LogP contribution in [0, 0.1) is 0 Å². The molecule has 0 saturated carbocycles. The Morgan fingerprint density at radius 3 is 2.56 bits per heavy atom. The van der Waals surface area contributed by atoms with Crippen LogP contribution in [-0.4, -0.2) is 9.66 Å². The van der Waals surface area contributed by atoms with Crippen LogP contribution in [0.25, 0.3) is 5.70 Å². The first kappa shape index (κ1) is 12.4. The normalized spacial score (nSPS) is 9.94. The number of hydrazine groups is 1. The van der Waals surface area contributed by atoms with Gasteiger partial charge in [0.2, 0.25) is 5.16 Å². The van der Waals surface area contributed by atoms with E-state index in [0.717, 1.165) is 17.6 Å². The van der Waals surface area contributed by atoms with Crippen LogP contribution in [0.15, 0.2) is 24.0 Å². The summed E-state index contributed by atoms with van der Waals surface area (Å²) in [7, 11) is 0. The van der Waals surface area contributed by atoms with Crippen molar-refractivity contribution in [2.75, 3.05) is 11.2 Å². The van der Waals surface area contributed by atoms with Gasteiger partial charge in [0.05, 0.1) is 5.70 Å². The molecule has 8 N–H and O–H groups in total. The molecule has 88 valence electrons. The zero-order valence-electron chi connectivity index (χ0n) is 8.95. The highest BCUT2D eigenvalue weighted by molar-refractivity contribution is 7.96. The Hall–Kier alpha value is -1.64. The van der Waals surface area contributed by atoms with Gasteiger partial charge in [-0.15, -0.1) is 0 Å². The molecule has 0 aliphatic rings. The predicted molar refractivity (Wildman–Crippen MR) is 67.2 cm³/mol. The Labute approximate surface area is 97.8 Å². The zero-order valence-corrected chi connectivity index (χ0v) is 9.77. The zero-order chi connectivity index (χ0) is 12.3. The first-order chi connectivity index (χ1) is 7.51. The van der Waals surface area contributed by atoms with Gasteiger partial charge in [-0.1, -0.05) is 13.2 Å². The number of nitrogen functional groups attached to an aromatic ring is 1. The number of nitrogens with zero attached hydrogens (tertiary/aromatic N) is 2. The molecule has 0 aromatic carbocycles. The first-order valence-electron chi connectivity index (χ1n) is 4.34. The van der Waals surface area contributed by atoms with E-state index in [0.29, 0.717) is 22.4 Å². The molecule has 8 heteroatoms. The van der Waals surface area contributed by atoms with Gasteiger partial charge in [-0.05, 0) is 18.9 Å². The average molecular weight is 241 g/mol. The number of anilines is 1. The second-order valence-electron chi connectivity index (χ2n) is 3.11. The molecule has 7 nitrogen and oxygen atoms in total. The number of hydrogen-bond acceptors (Lipinski definition) is 7. The van der Waals surface area contributed by atoms with E-state index in [2.05, 4.69) is 28.9 Å². The topological polar surface area (TPSA) is 120 Å². The Bertz CT molecular complexity index is 422. The molecule has 0 saturated heterocycles. The van der Waals surface area contributed by atoms with Gasteiger partial charge in [-0.2, -0.15) is 0 Å². The van der Waals surface area contributed by atoms with Crippen molar-refractivity contribution in [1.82, 2.24) is 15.1 Å². The minimum Gasteiger partial charge on any atom is -0.343 e. The second kappa shape index (κ2) is 4.92. The van der Waals surface area contributed by atoms with Crippen LogP contribution >= 0.6 is 11.9 Å². The molecule has 0 spiro atoms. The van der Waals surface area contributed by atoms with Crippen molar-refractivity contribution in [3.63, 3.8) is 0 Å². The third kappa shape index (κ3) is 2.30. The van der Waals surface area contributed by atoms with Gasteiger partial charge < -0.3 is 16.6 Å². The molecular formula is C8H15N7S. The fraction of sp³-hybridized carbons (Fsp3) is 0.125. The smallest absolute Gasteiger partial charge is 0.204 e. The molecule has 0 fully saturated rings. The third-order valence-corrected chi connectivity index (χ3v) is 2.27. The highest BCUT2D eigenvalue weighted by Crippen LogP contribution is 2.24. The van der Waals surface area contributed by atoms with Crippen molar-refractivity contribution in [3.8, 4) is 0 Å². The highest BCUT2D eigenvalue weighted by atomic mass is 32.2. The molecule has 0 aliphatic carbocycles. The minimum atomic E-state index is 0.430. The van der Waals surface area contributed by atoms with E-state index in [1.807, 2.05) is 0 Å². The summed E-state index contributed by atoms with van der Waals surface area (Å²) in [5.74, 6) is 11.6. The van der Waals surface area contributed by atoms with E-state index in [4.69, 9.17) is 16.8 Å². The maximum absolute atomic E-state index is 5.79. The van der Waals surface area contributed by atoms with Crippen molar-refractivity contribution in [2.24, 2.45) is 11.0 Å². The largest absolute Gasteiger partial charge is 0.343 e. The summed E-state index contributed by atoms with van der Waals surface area (Å²) in [4.78, 5) is 4.18. The van der Waals surface area contributed by atoms with E-state index in [1.165, 1.54) is 4.68 Å². The summed E-state index contributed by atoms with van der Waals surface area (Å²) in [6, 6.07) is 0. The van der Waals surface area contributed by atoms with Crippen molar-refractivity contribution >= 4 is 23.5 Å². The van der Waals surface area contributed by atoms with Crippen LogP contribution in [0.3, 0.4) is 0 Å². The Morgan fingerprint density at radius 1 is 1.50 bits per heavy atom. The van der Waals surface area contributed by atoms with Gasteiger partial charge in [0.1, 0.15) is 5.69 Å². The SMILES string of the molecule is C=C(C)Nc1nc(SN)n(N)c1C(=C)NN. The summed E-state index contributed by atoms with van der Waals surface area (Å²) in [6.45, 7) is 9.24. The number of imidazole rings is 1. The first-order valence-corrected chi connectivity index (χ1v) is 5.22. The van der Waals surface area contributed by atoms with Crippen LogP contribution < -0.4 is 27.6 Å². The number of nitrogens with two attached hydrogens (primary N) is 3. The molecule has 0 atom stereocenters. The fourth-order valence-electron chi connectivity index (χ4n) is 1.14. The number of aromatic nitrogens is 2. The Morgan fingerprint density at radius 2 is 2.12 bits per heavy atom. The summed E-state index contributed by atoms with van der Waals surface area (Å²) >= 11 is 0.933. The van der Waals surface area contributed by atoms with Crippen LogP contribution in [0.5, 0.6) is 0 Å². The number of allylic oxidation sites excluding steroid dienone is 1. The molecule has 1 aromatic heterocycles. The minimum absolute atomic E-state index is 0.430. The van der Waals surface area contributed by atoms with Crippen molar-refractivity contribution < 1.29 is 0 Å². The molecule has 0 radical (unpaired) electrons. The standard InChI is InChI=1S/C8H15N7S/c1-4(2)12-7-6(5(3)14-9)15(10)8(13-7)16-11/h12,14H,1,3,9-11H2,2H3. The summed E-state index contributed by atoms with van der Waals surface area (Å²) in [5, 5.41) is 8.82. The number of nitrogens with one attached hydrogen (secondary N) is 2. The van der Waals surface area contributed by atoms with Crippen LogP contribution in [-0.2, 0) is 0 Å². The average Bonchev–Trinajstić information content (AvgIpc) is 2.53. The van der Waals surface area contributed by atoms with E-state index >= 15 is 0 Å². The van der Waals surface area contributed by atoms with Gasteiger partial charge >= 0.3 is 0 Å². The van der Waals surface area contributed by atoms with E-state index in [-0.39, 0.29) is 0 Å². The lowest BCUT2D eigenvalue weighted by atomic mass is 10.3. The Balaban J connectivity index is 3.24. The fourth-order valence-corrected chi connectivity index (χ4v) is 1.49. The monoisotopic (exact) mass is 241 g/mol. The number of hydrogen-bond donors (Lipinski definition) is 5. The van der Waals surface area contributed by atoms with Crippen LogP contribution in [0.2, 0.25) is 0 Å². The molecule has 0 aliphatic heterocycles.